The average Bonchev–Trinajstić information content (AvgIpc) is 2.36. The summed E-state index contributed by atoms with van der Waals surface area (Å²) in [6.07, 6.45) is 1.90. The number of hydrogen-bond donors (Lipinski definition) is 1. The molecule has 0 aliphatic carbocycles. The van der Waals surface area contributed by atoms with Crippen LogP contribution in [0.4, 0.5) is 4.39 Å². The summed E-state index contributed by atoms with van der Waals surface area (Å²) < 4.78 is 38.8. The number of halogens is 2. The molecule has 1 atom stereocenters. The van der Waals surface area contributed by atoms with Gasteiger partial charge in [0.05, 0.1) is 6.26 Å². The second kappa shape index (κ2) is 8.22. The fraction of sp³-hybridized carbons (Fsp3) is 0.571. The van der Waals surface area contributed by atoms with Gasteiger partial charge in [-0.25, -0.2) is 17.1 Å². The molecule has 0 amide bonds. The topological polar surface area (TPSA) is 49.4 Å². The second-order valence-electron chi connectivity index (χ2n) is 4.95. The van der Waals surface area contributed by atoms with Gasteiger partial charge < -0.3 is 5.32 Å². The zero-order valence-electron chi connectivity index (χ0n) is 12.6. The molecule has 0 aliphatic heterocycles. The van der Waals surface area contributed by atoms with Gasteiger partial charge in [-0.05, 0) is 32.0 Å². The van der Waals surface area contributed by atoms with Crippen LogP contribution in [0.25, 0.3) is 0 Å². The van der Waals surface area contributed by atoms with E-state index in [0.717, 1.165) is 0 Å². The highest BCUT2D eigenvalue weighted by atomic mass is 79.9. The molecule has 1 aromatic rings. The fourth-order valence-electron chi connectivity index (χ4n) is 2.10. The zero-order chi connectivity index (χ0) is 16.0. The van der Waals surface area contributed by atoms with Gasteiger partial charge >= 0.3 is 0 Å². The van der Waals surface area contributed by atoms with E-state index in [0.29, 0.717) is 36.1 Å². The van der Waals surface area contributed by atoms with Gasteiger partial charge in [-0.2, -0.15) is 0 Å². The van der Waals surface area contributed by atoms with Crippen LogP contribution < -0.4 is 5.32 Å². The summed E-state index contributed by atoms with van der Waals surface area (Å²) in [6.45, 7) is 5.27. The Morgan fingerprint density at radius 1 is 1.43 bits per heavy atom. The van der Waals surface area contributed by atoms with E-state index in [4.69, 9.17) is 0 Å². The molecule has 0 aliphatic rings. The third-order valence-corrected chi connectivity index (χ3v) is 5.16. The summed E-state index contributed by atoms with van der Waals surface area (Å²) in [6, 6.07) is 4.87. The zero-order valence-corrected chi connectivity index (χ0v) is 15.0. The van der Waals surface area contributed by atoms with E-state index < -0.39 is 10.0 Å². The third-order valence-electron chi connectivity index (χ3n) is 3.29. The molecule has 1 rings (SSSR count). The molecule has 1 N–H and O–H groups in total. The monoisotopic (exact) mass is 380 g/mol. The van der Waals surface area contributed by atoms with Crippen LogP contribution >= 0.6 is 15.9 Å². The van der Waals surface area contributed by atoms with E-state index in [1.54, 1.807) is 12.1 Å². The average molecular weight is 381 g/mol. The number of rotatable bonds is 8. The SMILES string of the molecule is CCN(CCCNC(C)c1ccc(Br)cc1F)S(C)(=O)=O. The van der Waals surface area contributed by atoms with Crippen molar-refractivity contribution < 1.29 is 12.8 Å². The first kappa shape index (κ1) is 18.5. The Bertz CT molecular complexity index is 566. The van der Waals surface area contributed by atoms with Gasteiger partial charge in [-0.1, -0.05) is 28.9 Å². The first-order valence-electron chi connectivity index (χ1n) is 6.89. The van der Waals surface area contributed by atoms with Gasteiger partial charge in [0, 0.05) is 29.2 Å². The molecule has 0 spiro atoms. The Balaban J connectivity index is 2.45. The highest BCUT2D eigenvalue weighted by Crippen LogP contribution is 2.20. The van der Waals surface area contributed by atoms with Crippen molar-refractivity contribution in [3.63, 3.8) is 0 Å². The first-order valence-corrected chi connectivity index (χ1v) is 9.53. The Kier molecular flexibility index (Phi) is 7.26. The van der Waals surface area contributed by atoms with E-state index in [-0.39, 0.29) is 11.9 Å². The predicted octanol–water partition coefficient (Wildman–Crippen LogP) is 2.91. The van der Waals surface area contributed by atoms with Gasteiger partial charge in [0.15, 0.2) is 0 Å². The van der Waals surface area contributed by atoms with Crippen molar-refractivity contribution in [2.45, 2.75) is 26.3 Å². The largest absolute Gasteiger partial charge is 0.310 e. The molecule has 120 valence electrons. The second-order valence-corrected chi connectivity index (χ2v) is 7.85. The molecule has 0 saturated carbocycles. The molecular formula is C14H22BrFN2O2S. The lowest BCUT2D eigenvalue weighted by atomic mass is 10.1. The molecule has 21 heavy (non-hydrogen) atoms. The van der Waals surface area contributed by atoms with E-state index in [1.165, 1.54) is 16.6 Å². The summed E-state index contributed by atoms with van der Waals surface area (Å²) in [5.74, 6) is -0.254. The fourth-order valence-corrected chi connectivity index (χ4v) is 3.36. The maximum Gasteiger partial charge on any atom is 0.211 e. The summed E-state index contributed by atoms with van der Waals surface area (Å²) in [5, 5.41) is 3.21. The van der Waals surface area contributed by atoms with E-state index in [2.05, 4.69) is 21.2 Å². The van der Waals surface area contributed by atoms with Gasteiger partial charge in [0.1, 0.15) is 5.82 Å². The van der Waals surface area contributed by atoms with E-state index in [1.807, 2.05) is 13.8 Å². The number of nitrogens with zero attached hydrogens (tertiary/aromatic N) is 1. The van der Waals surface area contributed by atoms with Crippen molar-refractivity contribution in [1.82, 2.24) is 9.62 Å². The van der Waals surface area contributed by atoms with Crippen molar-refractivity contribution in [3.8, 4) is 0 Å². The highest BCUT2D eigenvalue weighted by Gasteiger charge is 2.14. The van der Waals surface area contributed by atoms with Crippen molar-refractivity contribution in [1.29, 1.82) is 0 Å². The third kappa shape index (κ3) is 6.02. The number of sulfonamides is 1. The standard InChI is InChI=1S/C14H22BrFN2O2S/c1-4-18(21(3,19)20)9-5-8-17-11(2)13-7-6-12(15)10-14(13)16/h6-7,10-11,17H,4-5,8-9H2,1-3H3. The van der Waals surface area contributed by atoms with E-state index >= 15 is 0 Å². The molecule has 0 radical (unpaired) electrons. The summed E-state index contributed by atoms with van der Waals surface area (Å²) in [4.78, 5) is 0. The van der Waals surface area contributed by atoms with Crippen LogP contribution in [0.3, 0.4) is 0 Å². The van der Waals surface area contributed by atoms with Gasteiger partial charge in [0.25, 0.3) is 0 Å². The minimum Gasteiger partial charge on any atom is -0.310 e. The van der Waals surface area contributed by atoms with Gasteiger partial charge in [-0.3, -0.25) is 0 Å². The van der Waals surface area contributed by atoms with E-state index in [9.17, 15) is 12.8 Å². The summed E-state index contributed by atoms with van der Waals surface area (Å²) in [5.41, 5.74) is 0.605. The molecule has 4 nitrogen and oxygen atoms in total. The highest BCUT2D eigenvalue weighted by molar-refractivity contribution is 9.10. The minimum atomic E-state index is -3.14. The number of benzene rings is 1. The Morgan fingerprint density at radius 3 is 2.62 bits per heavy atom. The van der Waals surface area contributed by atoms with Crippen molar-refractivity contribution in [2.24, 2.45) is 0 Å². The number of hydrogen-bond acceptors (Lipinski definition) is 3. The van der Waals surface area contributed by atoms with Crippen LogP contribution in [0.1, 0.15) is 31.9 Å². The van der Waals surface area contributed by atoms with Crippen LogP contribution in [0.15, 0.2) is 22.7 Å². The lowest BCUT2D eigenvalue weighted by molar-refractivity contribution is 0.412. The Morgan fingerprint density at radius 2 is 2.10 bits per heavy atom. The molecule has 1 aromatic carbocycles. The molecule has 0 aromatic heterocycles. The first-order chi connectivity index (χ1) is 9.75. The molecule has 1 unspecified atom stereocenters. The smallest absolute Gasteiger partial charge is 0.211 e. The van der Waals surface area contributed by atoms with Crippen molar-refractivity contribution in [2.75, 3.05) is 25.9 Å². The Hall–Kier alpha value is -0.500. The molecular weight excluding hydrogens is 359 g/mol. The number of nitrogens with one attached hydrogen (secondary N) is 1. The van der Waals surface area contributed by atoms with Crippen LogP contribution in [0.5, 0.6) is 0 Å². The Labute approximate surface area is 134 Å². The van der Waals surface area contributed by atoms with Crippen molar-refractivity contribution >= 4 is 26.0 Å². The van der Waals surface area contributed by atoms with Gasteiger partial charge in [-0.15, -0.1) is 0 Å². The van der Waals surface area contributed by atoms with Crippen LogP contribution in [-0.2, 0) is 10.0 Å². The molecule has 0 bridgehead atoms. The molecule has 0 saturated heterocycles. The van der Waals surface area contributed by atoms with Crippen LogP contribution in [-0.4, -0.2) is 38.6 Å². The lowest BCUT2D eigenvalue weighted by Crippen LogP contribution is -2.32. The van der Waals surface area contributed by atoms with Crippen LogP contribution in [0.2, 0.25) is 0 Å². The molecule has 7 heteroatoms. The summed E-state index contributed by atoms with van der Waals surface area (Å²) in [7, 11) is -3.14. The molecule has 0 fully saturated rings. The maximum atomic E-state index is 13.8. The van der Waals surface area contributed by atoms with Gasteiger partial charge in [0.2, 0.25) is 10.0 Å². The maximum absolute atomic E-state index is 13.8. The normalized spacial score (nSPS) is 13.6. The van der Waals surface area contributed by atoms with Crippen molar-refractivity contribution in [3.05, 3.63) is 34.1 Å². The minimum absolute atomic E-state index is 0.119. The van der Waals surface area contributed by atoms with Crippen LogP contribution in [0, 0.1) is 5.82 Å². The predicted molar refractivity (Wildman–Crippen MR) is 87.2 cm³/mol. The quantitative estimate of drug-likeness (QED) is 0.705. The summed E-state index contributed by atoms with van der Waals surface area (Å²) >= 11 is 3.23. The molecule has 0 heterocycles. The lowest BCUT2D eigenvalue weighted by Gasteiger charge is -2.19.